The molecular weight excluding hydrogens is 184 g/mol. The number of aliphatic hydroxyl groups is 1. The zero-order chi connectivity index (χ0) is 9.68. The first-order valence-corrected chi connectivity index (χ1v) is 5.71. The first-order chi connectivity index (χ1) is 6.22. The summed E-state index contributed by atoms with van der Waals surface area (Å²) >= 11 is 1.69. The molecule has 1 heterocycles. The van der Waals surface area contributed by atoms with Crippen molar-refractivity contribution >= 4 is 11.8 Å². The Hall–Kier alpha value is -0.410. The van der Waals surface area contributed by atoms with Gasteiger partial charge in [0.2, 0.25) is 0 Å². The topological polar surface area (TPSA) is 33.4 Å². The molecule has 0 aliphatic carbocycles. The van der Waals surface area contributed by atoms with Gasteiger partial charge in [0, 0.05) is 12.2 Å². The van der Waals surface area contributed by atoms with E-state index in [0.29, 0.717) is 0 Å². The van der Waals surface area contributed by atoms with Crippen LogP contribution < -0.4 is 0 Å². The number of furan rings is 1. The van der Waals surface area contributed by atoms with Gasteiger partial charge in [-0.1, -0.05) is 6.92 Å². The fraction of sp³-hybridized carbons (Fsp3) is 0.600. The van der Waals surface area contributed by atoms with E-state index < -0.39 is 0 Å². The largest absolute Gasteiger partial charge is 0.465 e. The summed E-state index contributed by atoms with van der Waals surface area (Å²) < 4.78 is 5.51. The average Bonchev–Trinajstić information content (AvgIpc) is 2.52. The van der Waals surface area contributed by atoms with E-state index in [1.165, 1.54) is 0 Å². The molecular formula is C10H16O2S. The second-order valence-corrected chi connectivity index (χ2v) is 4.12. The van der Waals surface area contributed by atoms with Crippen molar-refractivity contribution in [2.75, 3.05) is 5.75 Å². The summed E-state index contributed by atoms with van der Waals surface area (Å²) in [6.07, 6.45) is 0.715. The lowest BCUT2D eigenvalue weighted by molar-refractivity contribution is 0.220. The van der Waals surface area contributed by atoms with Gasteiger partial charge in [-0.05, 0) is 19.1 Å². The van der Waals surface area contributed by atoms with Crippen LogP contribution in [0.5, 0.6) is 0 Å². The fourth-order valence-electron chi connectivity index (χ4n) is 1.02. The Kier molecular flexibility index (Phi) is 4.39. The maximum atomic E-state index is 9.03. The van der Waals surface area contributed by atoms with E-state index >= 15 is 0 Å². The normalized spacial score (nSPS) is 13.2. The van der Waals surface area contributed by atoms with Crippen molar-refractivity contribution in [3.63, 3.8) is 0 Å². The molecule has 13 heavy (non-hydrogen) atoms. The molecule has 1 atom stereocenters. The van der Waals surface area contributed by atoms with E-state index in [9.17, 15) is 0 Å². The van der Waals surface area contributed by atoms with E-state index in [1.807, 2.05) is 12.1 Å². The monoisotopic (exact) mass is 200 g/mol. The van der Waals surface area contributed by atoms with Crippen molar-refractivity contribution in [1.29, 1.82) is 0 Å². The van der Waals surface area contributed by atoms with Crippen molar-refractivity contribution in [3.8, 4) is 0 Å². The number of aliphatic hydroxyl groups excluding tert-OH is 1. The van der Waals surface area contributed by atoms with Gasteiger partial charge in [0.05, 0.1) is 11.9 Å². The lowest BCUT2D eigenvalue weighted by Gasteiger charge is -2.01. The van der Waals surface area contributed by atoms with Crippen LogP contribution in [0.1, 0.15) is 25.4 Å². The molecule has 0 saturated heterocycles. The third kappa shape index (κ3) is 3.87. The molecule has 2 nitrogen and oxygen atoms in total. The first kappa shape index (κ1) is 10.7. The van der Waals surface area contributed by atoms with Crippen LogP contribution in [0.4, 0.5) is 0 Å². The van der Waals surface area contributed by atoms with Gasteiger partial charge in [-0.15, -0.1) is 0 Å². The van der Waals surface area contributed by atoms with Gasteiger partial charge in [0.25, 0.3) is 0 Å². The van der Waals surface area contributed by atoms with Crippen LogP contribution in [0.3, 0.4) is 0 Å². The van der Waals surface area contributed by atoms with Crippen molar-refractivity contribution in [3.05, 3.63) is 23.7 Å². The van der Waals surface area contributed by atoms with E-state index in [4.69, 9.17) is 9.52 Å². The third-order valence-corrected chi connectivity index (χ3v) is 2.88. The van der Waals surface area contributed by atoms with Gasteiger partial charge in [-0.2, -0.15) is 11.8 Å². The standard InChI is InChI=1S/C10H16O2S/c1-3-9-4-5-10(12-9)7-13-6-8(2)11/h4-5,8,11H,3,6-7H2,1-2H3/t8-/m1/s1. The number of hydrogen-bond donors (Lipinski definition) is 1. The minimum absolute atomic E-state index is 0.231. The molecule has 0 bridgehead atoms. The predicted octanol–water partition coefficient (Wildman–Crippen LogP) is 2.46. The van der Waals surface area contributed by atoms with Gasteiger partial charge < -0.3 is 9.52 Å². The van der Waals surface area contributed by atoms with E-state index in [1.54, 1.807) is 18.7 Å². The second kappa shape index (κ2) is 5.35. The summed E-state index contributed by atoms with van der Waals surface area (Å²) in [5, 5.41) is 9.03. The van der Waals surface area contributed by atoms with Gasteiger partial charge >= 0.3 is 0 Å². The summed E-state index contributed by atoms with van der Waals surface area (Å²) in [5.74, 6) is 3.66. The van der Waals surface area contributed by atoms with Crippen molar-refractivity contribution in [2.45, 2.75) is 32.1 Å². The van der Waals surface area contributed by atoms with Crippen LogP contribution in [0, 0.1) is 0 Å². The summed E-state index contributed by atoms with van der Waals surface area (Å²) in [6, 6.07) is 4.02. The summed E-state index contributed by atoms with van der Waals surface area (Å²) in [4.78, 5) is 0. The van der Waals surface area contributed by atoms with Gasteiger partial charge in [0.1, 0.15) is 11.5 Å². The fourth-order valence-corrected chi connectivity index (χ4v) is 1.84. The van der Waals surface area contributed by atoms with E-state index in [0.717, 1.165) is 29.4 Å². The molecule has 1 aromatic rings. The quantitative estimate of drug-likeness (QED) is 0.792. The molecule has 0 spiro atoms. The molecule has 0 radical (unpaired) electrons. The van der Waals surface area contributed by atoms with Crippen molar-refractivity contribution in [2.24, 2.45) is 0 Å². The minimum Gasteiger partial charge on any atom is -0.465 e. The van der Waals surface area contributed by atoms with Crippen LogP contribution in [0.2, 0.25) is 0 Å². The maximum Gasteiger partial charge on any atom is 0.114 e. The van der Waals surface area contributed by atoms with Crippen molar-refractivity contribution in [1.82, 2.24) is 0 Å². The number of hydrogen-bond acceptors (Lipinski definition) is 3. The molecule has 0 aliphatic rings. The van der Waals surface area contributed by atoms with E-state index in [2.05, 4.69) is 6.92 Å². The average molecular weight is 200 g/mol. The predicted molar refractivity (Wildman–Crippen MR) is 55.9 cm³/mol. The van der Waals surface area contributed by atoms with E-state index in [-0.39, 0.29) is 6.10 Å². The smallest absolute Gasteiger partial charge is 0.114 e. The molecule has 74 valence electrons. The Bertz CT molecular complexity index is 243. The molecule has 0 aliphatic heterocycles. The highest BCUT2D eigenvalue weighted by atomic mass is 32.2. The lowest BCUT2D eigenvalue weighted by Crippen LogP contribution is -2.02. The molecule has 0 amide bonds. The van der Waals surface area contributed by atoms with Crippen LogP contribution in [-0.4, -0.2) is 17.0 Å². The molecule has 0 saturated carbocycles. The van der Waals surface area contributed by atoms with Gasteiger partial charge in [-0.3, -0.25) is 0 Å². The van der Waals surface area contributed by atoms with Crippen molar-refractivity contribution < 1.29 is 9.52 Å². The minimum atomic E-state index is -0.231. The van der Waals surface area contributed by atoms with Crippen LogP contribution in [-0.2, 0) is 12.2 Å². The highest BCUT2D eigenvalue weighted by Crippen LogP contribution is 2.16. The highest BCUT2D eigenvalue weighted by molar-refractivity contribution is 7.98. The number of rotatable bonds is 5. The Labute approximate surface area is 83.3 Å². The molecule has 1 aromatic heterocycles. The summed E-state index contributed by atoms with van der Waals surface area (Å²) in [7, 11) is 0. The number of aryl methyl sites for hydroxylation is 1. The molecule has 0 aromatic carbocycles. The van der Waals surface area contributed by atoms with Crippen LogP contribution in [0.15, 0.2) is 16.5 Å². The SMILES string of the molecule is CCc1ccc(CSC[C@@H](C)O)o1. The third-order valence-electron chi connectivity index (χ3n) is 1.67. The Morgan fingerprint density at radius 1 is 1.46 bits per heavy atom. The van der Waals surface area contributed by atoms with Gasteiger partial charge in [-0.25, -0.2) is 0 Å². The van der Waals surface area contributed by atoms with Gasteiger partial charge in [0.15, 0.2) is 0 Å². The second-order valence-electron chi connectivity index (χ2n) is 3.09. The maximum absolute atomic E-state index is 9.03. The zero-order valence-corrected chi connectivity index (χ0v) is 8.93. The van der Waals surface area contributed by atoms with Crippen LogP contribution >= 0.6 is 11.8 Å². The van der Waals surface area contributed by atoms with Crippen LogP contribution in [0.25, 0.3) is 0 Å². The Morgan fingerprint density at radius 3 is 2.69 bits per heavy atom. The summed E-state index contributed by atoms with van der Waals surface area (Å²) in [5.41, 5.74) is 0. The summed E-state index contributed by atoms with van der Waals surface area (Å²) in [6.45, 7) is 3.87. The first-order valence-electron chi connectivity index (χ1n) is 4.55. The zero-order valence-electron chi connectivity index (χ0n) is 8.12. The highest BCUT2D eigenvalue weighted by Gasteiger charge is 2.01. The number of thioether (sulfide) groups is 1. The molecule has 0 unspecified atom stereocenters. The molecule has 0 fully saturated rings. The molecule has 1 rings (SSSR count). The Morgan fingerprint density at radius 2 is 2.15 bits per heavy atom. The Balaban J connectivity index is 2.28. The molecule has 3 heteroatoms. The molecule has 1 N–H and O–H groups in total. The lowest BCUT2D eigenvalue weighted by atomic mass is 10.4.